The van der Waals surface area contributed by atoms with Gasteiger partial charge in [-0.3, -0.25) is 14.9 Å². The van der Waals surface area contributed by atoms with Crippen LogP contribution < -0.4 is 20.9 Å². The lowest BCUT2D eigenvalue weighted by Crippen LogP contribution is -2.43. The van der Waals surface area contributed by atoms with Gasteiger partial charge in [0.1, 0.15) is 32.9 Å². The predicted octanol–water partition coefficient (Wildman–Crippen LogP) is 5.94. The fraction of sp³-hybridized carbons (Fsp3) is 0.464. The van der Waals surface area contributed by atoms with Crippen LogP contribution in [0.5, 0.6) is 0 Å². The van der Waals surface area contributed by atoms with Crippen molar-refractivity contribution >= 4 is 45.8 Å². The second kappa shape index (κ2) is 13.4. The molecule has 45 heavy (non-hydrogen) atoms. The quantitative estimate of drug-likeness (QED) is 0.268. The van der Waals surface area contributed by atoms with E-state index in [1.807, 2.05) is 17.1 Å². The number of anilines is 3. The molecule has 244 valence electrons. The highest BCUT2D eigenvalue weighted by atomic mass is 32.1. The highest BCUT2D eigenvalue weighted by molar-refractivity contribution is 7.19. The van der Waals surface area contributed by atoms with Gasteiger partial charge < -0.3 is 20.3 Å². The molecular formula is C28H32F5N7O4S. The van der Waals surface area contributed by atoms with Gasteiger partial charge in [0.2, 0.25) is 0 Å². The molecule has 17 heteroatoms. The molecule has 3 heterocycles. The molecule has 11 nitrogen and oxygen atoms in total. The molecule has 2 aromatic heterocycles. The minimum Gasteiger partial charge on any atom is -0.444 e. The van der Waals surface area contributed by atoms with E-state index in [0.717, 1.165) is 12.1 Å². The van der Waals surface area contributed by atoms with E-state index in [-0.39, 0.29) is 34.4 Å². The molecule has 0 aliphatic carbocycles. The second-order valence-electron chi connectivity index (χ2n) is 11.2. The summed E-state index contributed by atoms with van der Waals surface area (Å²) in [6.07, 6.45) is -3.56. The Morgan fingerprint density at radius 3 is 2.38 bits per heavy atom. The van der Waals surface area contributed by atoms with Gasteiger partial charge in [-0.1, -0.05) is 17.4 Å². The third-order valence-electron chi connectivity index (χ3n) is 6.61. The Hall–Kier alpha value is -4.28. The number of rotatable bonds is 7. The summed E-state index contributed by atoms with van der Waals surface area (Å²) in [6.45, 7) is 7.74. The minimum absolute atomic E-state index is 0.123. The highest BCUT2D eigenvalue weighted by Crippen LogP contribution is 2.37. The van der Waals surface area contributed by atoms with E-state index < -0.39 is 52.9 Å². The molecule has 0 spiro atoms. The number of thiazole rings is 1. The lowest BCUT2D eigenvalue weighted by molar-refractivity contribution is -0.174. The summed E-state index contributed by atoms with van der Waals surface area (Å²) in [5, 5.41) is 11.2. The molecule has 3 aromatic rings. The van der Waals surface area contributed by atoms with Crippen molar-refractivity contribution in [3.63, 3.8) is 0 Å². The molecule has 0 bridgehead atoms. The molecule has 1 unspecified atom stereocenters. The third kappa shape index (κ3) is 8.26. The first kappa shape index (κ1) is 33.6. The Morgan fingerprint density at radius 2 is 1.76 bits per heavy atom. The Labute approximate surface area is 259 Å². The van der Waals surface area contributed by atoms with Crippen LogP contribution >= 0.6 is 11.3 Å². The first-order valence-corrected chi connectivity index (χ1v) is 14.8. The number of aryl methyl sites for hydroxylation is 1. The zero-order valence-electron chi connectivity index (χ0n) is 24.8. The normalized spacial score (nSPS) is 15.8. The maximum Gasteiger partial charge on any atom is 0.471 e. The van der Waals surface area contributed by atoms with E-state index in [9.17, 15) is 36.3 Å². The molecule has 0 saturated carbocycles. The number of nitrogens with one attached hydrogen (secondary N) is 3. The molecule has 1 saturated heterocycles. The van der Waals surface area contributed by atoms with Crippen LogP contribution in [0, 0.1) is 11.6 Å². The van der Waals surface area contributed by atoms with Crippen LogP contribution in [0.3, 0.4) is 0 Å². The summed E-state index contributed by atoms with van der Waals surface area (Å²) in [6, 6.07) is 2.55. The standard InChI is InChI=1S/C28H32F5N7O4S/c1-5-40-24(39-12-7-8-15(11-13-39)35-25(42)28(31,32)33)18(14-34-40)36-21(41)20-23(38-26(43)44-27(2,3)4)45-22(37-20)19-16(29)9-6-10-17(19)30/h6,9-10,14-15H,5,7-8,11-13H2,1-4H3,(H,35,42)(H,36,41)(H,38,43). The fourth-order valence-corrected chi connectivity index (χ4v) is 5.69. The smallest absolute Gasteiger partial charge is 0.444 e. The Bertz CT molecular complexity index is 1550. The van der Waals surface area contributed by atoms with E-state index in [1.165, 1.54) is 12.3 Å². The maximum absolute atomic E-state index is 14.6. The topological polar surface area (TPSA) is 130 Å². The van der Waals surface area contributed by atoms with E-state index in [0.29, 0.717) is 43.1 Å². The highest BCUT2D eigenvalue weighted by Gasteiger charge is 2.40. The zero-order chi connectivity index (χ0) is 33.1. The van der Waals surface area contributed by atoms with Gasteiger partial charge in [-0.15, -0.1) is 0 Å². The molecule has 1 aliphatic rings. The zero-order valence-corrected chi connectivity index (χ0v) is 25.7. The van der Waals surface area contributed by atoms with Crippen molar-refractivity contribution in [3.05, 3.63) is 41.7 Å². The summed E-state index contributed by atoms with van der Waals surface area (Å²) in [7, 11) is 0. The summed E-state index contributed by atoms with van der Waals surface area (Å²) < 4.78 is 74.4. The number of ether oxygens (including phenoxy) is 1. The van der Waals surface area contributed by atoms with Crippen LogP contribution in [0.2, 0.25) is 0 Å². The summed E-state index contributed by atoms with van der Waals surface area (Å²) in [5.41, 5.74) is -1.48. The van der Waals surface area contributed by atoms with Crippen molar-refractivity contribution in [2.24, 2.45) is 0 Å². The van der Waals surface area contributed by atoms with Gasteiger partial charge in [-0.05, 0) is 59.1 Å². The third-order valence-corrected chi connectivity index (χ3v) is 7.60. The number of halogens is 5. The number of alkyl halides is 3. The van der Waals surface area contributed by atoms with Crippen LogP contribution in [-0.2, 0) is 16.1 Å². The van der Waals surface area contributed by atoms with E-state index in [2.05, 4.69) is 20.7 Å². The van der Waals surface area contributed by atoms with Crippen LogP contribution in [0.25, 0.3) is 10.6 Å². The van der Waals surface area contributed by atoms with Gasteiger partial charge >= 0.3 is 18.2 Å². The molecule has 3 N–H and O–H groups in total. The van der Waals surface area contributed by atoms with Gasteiger partial charge in [0.25, 0.3) is 5.91 Å². The largest absolute Gasteiger partial charge is 0.471 e. The molecule has 1 aliphatic heterocycles. The second-order valence-corrected chi connectivity index (χ2v) is 12.2. The lowest BCUT2D eigenvalue weighted by atomic mass is 10.1. The Morgan fingerprint density at radius 1 is 1.07 bits per heavy atom. The van der Waals surface area contributed by atoms with Crippen LogP contribution in [0.15, 0.2) is 24.4 Å². The van der Waals surface area contributed by atoms with Crippen LogP contribution in [-0.4, -0.2) is 63.6 Å². The molecule has 1 fully saturated rings. The number of benzene rings is 1. The molecule has 0 radical (unpaired) electrons. The van der Waals surface area contributed by atoms with Crippen molar-refractivity contribution in [2.45, 2.75) is 71.3 Å². The number of nitrogens with zero attached hydrogens (tertiary/aromatic N) is 4. The van der Waals surface area contributed by atoms with Crippen LogP contribution in [0.4, 0.5) is 43.3 Å². The Kier molecular flexibility index (Phi) is 9.99. The van der Waals surface area contributed by atoms with Gasteiger partial charge in [-0.2, -0.15) is 18.3 Å². The average Bonchev–Trinajstić information content (AvgIpc) is 3.44. The number of aromatic nitrogens is 3. The van der Waals surface area contributed by atoms with E-state index >= 15 is 0 Å². The number of carbonyl (C=O) groups is 3. The van der Waals surface area contributed by atoms with Crippen molar-refractivity contribution in [3.8, 4) is 10.6 Å². The molecule has 3 amide bonds. The molecule has 1 atom stereocenters. The van der Waals surface area contributed by atoms with E-state index in [4.69, 9.17) is 4.74 Å². The van der Waals surface area contributed by atoms with Gasteiger partial charge in [0, 0.05) is 25.7 Å². The number of hydrogen-bond donors (Lipinski definition) is 3. The van der Waals surface area contributed by atoms with Crippen molar-refractivity contribution < 1.29 is 41.1 Å². The van der Waals surface area contributed by atoms with Gasteiger partial charge in [-0.25, -0.2) is 23.2 Å². The summed E-state index contributed by atoms with van der Waals surface area (Å²) in [5.74, 6) is -4.21. The number of carbonyl (C=O) groups excluding carboxylic acids is 3. The van der Waals surface area contributed by atoms with E-state index in [1.54, 1.807) is 25.5 Å². The fourth-order valence-electron chi connectivity index (χ4n) is 4.70. The predicted molar refractivity (Wildman–Crippen MR) is 157 cm³/mol. The summed E-state index contributed by atoms with van der Waals surface area (Å²) in [4.78, 5) is 43.7. The van der Waals surface area contributed by atoms with Crippen molar-refractivity contribution in [1.29, 1.82) is 0 Å². The number of hydrogen-bond acceptors (Lipinski definition) is 8. The SMILES string of the molecule is CCn1ncc(NC(=O)c2nc(-c3c(F)cccc3F)sc2NC(=O)OC(C)(C)C)c1N1CCCC(NC(=O)C(F)(F)F)CC1. The minimum atomic E-state index is -4.99. The van der Waals surface area contributed by atoms with Crippen molar-refractivity contribution in [1.82, 2.24) is 20.1 Å². The first-order valence-electron chi connectivity index (χ1n) is 14.0. The lowest BCUT2D eigenvalue weighted by Gasteiger charge is -2.25. The first-order chi connectivity index (χ1) is 21.1. The van der Waals surface area contributed by atoms with Gasteiger partial charge in [0.15, 0.2) is 11.5 Å². The maximum atomic E-state index is 14.6. The molecule has 1 aromatic carbocycles. The number of amides is 3. The monoisotopic (exact) mass is 657 g/mol. The Balaban J connectivity index is 1.62. The van der Waals surface area contributed by atoms with Gasteiger partial charge in [0.05, 0.1) is 11.8 Å². The molecular weight excluding hydrogens is 625 g/mol. The summed E-state index contributed by atoms with van der Waals surface area (Å²) >= 11 is 0.676. The van der Waals surface area contributed by atoms with Crippen LogP contribution in [0.1, 0.15) is 57.4 Å². The van der Waals surface area contributed by atoms with Crippen molar-refractivity contribution in [2.75, 3.05) is 28.6 Å². The average molecular weight is 658 g/mol. The molecule has 4 rings (SSSR count).